The lowest BCUT2D eigenvalue weighted by Crippen LogP contribution is -2.10. The van der Waals surface area contributed by atoms with Gasteiger partial charge in [0, 0.05) is 5.56 Å². The summed E-state index contributed by atoms with van der Waals surface area (Å²) < 4.78 is 42.6. The standard InChI is InChI=1S/C15H13F3N2O/c16-15(17,18)12-5-7-13(8-6-12)21-9-10-1-3-11(4-2-10)14(19)20/h1-8H,9H2,(H3,19,20). The van der Waals surface area contributed by atoms with Crippen molar-refractivity contribution in [3.8, 4) is 5.75 Å². The molecule has 0 atom stereocenters. The van der Waals surface area contributed by atoms with Crippen LogP contribution in [0.4, 0.5) is 13.2 Å². The highest BCUT2D eigenvalue weighted by Crippen LogP contribution is 2.30. The highest BCUT2D eigenvalue weighted by molar-refractivity contribution is 5.94. The van der Waals surface area contributed by atoms with E-state index in [0.29, 0.717) is 11.3 Å². The summed E-state index contributed by atoms with van der Waals surface area (Å²) in [6.07, 6.45) is -4.35. The smallest absolute Gasteiger partial charge is 0.416 e. The lowest BCUT2D eigenvalue weighted by atomic mass is 10.1. The fourth-order valence-corrected chi connectivity index (χ4v) is 1.69. The van der Waals surface area contributed by atoms with Crippen LogP contribution in [0.3, 0.4) is 0 Å². The summed E-state index contributed by atoms with van der Waals surface area (Å²) >= 11 is 0. The van der Waals surface area contributed by atoms with E-state index in [9.17, 15) is 13.2 Å². The molecule has 0 saturated carbocycles. The van der Waals surface area contributed by atoms with E-state index in [1.54, 1.807) is 24.3 Å². The van der Waals surface area contributed by atoms with Crippen LogP contribution in [0.5, 0.6) is 5.75 Å². The van der Waals surface area contributed by atoms with Gasteiger partial charge >= 0.3 is 6.18 Å². The highest BCUT2D eigenvalue weighted by Gasteiger charge is 2.29. The third kappa shape index (κ3) is 3.98. The molecule has 0 amide bonds. The third-order valence-electron chi connectivity index (χ3n) is 2.85. The third-order valence-corrected chi connectivity index (χ3v) is 2.85. The zero-order valence-corrected chi connectivity index (χ0v) is 10.9. The van der Waals surface area contributed by atoms with Gasteiger partial charge in [-0.05, 0) is 29.8 Å². The van der Waals surface area contributed by atoms with Crippen LogP contribution in [0.1, 0.15) is 16.7 Å². The van der Waals surface area contributed by atoms with Crippen LogP contribution in [0.25, 0.3) is 0 Å². The lowest BCUT2D eigenvalue weighted by molar-refractivity contribution is -0.137. The number of nitrogens with two attached hydrogens (primary N) is 1. The maximum Gasteiger partial charge on any atom is 0.416 e. The monoisotopic (exact) mass is 294 g/mol. The molecule has 6 heteroatoms. The molecule has 0 unspecified atom stereocenters. The molecule has 2 rings (SSSR count). The Labute approximate surface area is 119 Å². The van der Waals surface area contributed by atoms with Crippen LogP contribution in [-0.2, 0) is 12.8 Å². The summed E-state index contributed by atoms with van der Waals surface area (Å²) in [5.74, 6) is 0.337. The van der Waals surface area contributed by atoms with Gasteiger partial charge in [0.25, 0.3) is 0 Å². The Bertz CT molecular complexity index is 619. The average Bonchev–Trinajstić information content (AvgIpc) is 2.45. The molecule has 2 aromatic carbocycles. The van der Waals surface area contributed by atoms with Crippen LogP contribution in [0.15, 0.2) is 48.5 Å². The predicted molar refractivity (Wildman–Crippen MR) is 73.2 cm³/mol. The number of amidine groups is 1. The van der Waals surface area contributed by atoms with Crippen molar-refractivity contribution in [2.45, 2.75) is 12.8 Å². The summed E-state index contributed by atoms with van der Waals surface area (Å²) in [5, 5.41) is 7.27. The maximum absolute atomic E-state index is 12.4. The predicted octanol–water partition coefficient (Wildman–Crippen LogP) is 3.57. The fraction of sp³-hybridized carbons (Fsp3) is 0.133. The molecule has 0 aromatic heterocycles. The number of ether oxygens (including phenoxy) is 1. The van der Waals surface area contributed by atoms with Gasteiger partial charge in [0.2, 0.25) is 0 Å². The number of rotatable bonds is 4. The summed E-state index contributed by atoms with van der Waals surface area (Å²) in [6.45, 7) is 0.226. The molecule has 0 spiro atoms. The van der Waals surface area contributed by atoms with Crippen LogP contribution in [0.2, 0.25) is 0 Å². The summed E-state index contributed by atoms with van der Waals surface area (Å²) in [6, 6.07) is 11.4. The number of hydrogen-bond acceptors (Lipinski definition) is 2. The van der Waals surface area contributed by atoms with Crippen molar-refractivity contribution in [2.75, 3.05) is 0 Å². The molecule has 3 nitrogen and oxygen atoms in total. The summed E-state index contributed by atoms with van der Waals surface area (Å²) in [4.78, 5) is 0. The highest BCUT2D eigenvalue weighted by atomic mass is 19.4. The number of nitrogen functional groups attached to an aromatic ring is 1. The van der Waals surface area contributed by atoms with Gasteiger partial charge in [-0.25, -0.2) is 0 Å². The molecule has 0 aliphatic rings. The fourth-order valence-electron chi connectivity index (χ4n) is 1.69. The van der Waals surface area contributed by atoms with E-state index in [1.807, 2.05) is 0 Å². The first kappa shape index (κ1) is 14.9. The van der Waals surface area contributed by atoms with Gasteiger partial charge in [-0.1, -0.05) is 24.3 Å². The Balaban J connectivity index is 1.98. The van der Waals surface area contributed by atoms with Gasteiger partial charge in [0.1, 0.15) is 18.2 Å². The van der Waals surface area contributed by atoms with Crippen LogP contribution in [0, 0.1) is 5.41 Å². The first-order valence-electron chi connectivity index (χ1n) is 6.09. The molecule has 110 valence electrons. The number of halogens is 3. The van der Waals surface area contributed by atoms with Crippen LogP contribution < -0.4 is 10.5 Å². The van der Waals surface area contributed by atoms with E-state index < -0.39 is 11.7 Å². The van der Waals surface area contributed by atoms with Crippen molar-refractivity contribution in [2.24, 2.45) is 5.73 Å². The number of hydrogen-bond donors (Lipinski definition) is 2. The van der Waals surface area contributed by atoms with E-state index in [4.69, 9.17) is 15.9 Å². The van der Waals surface area contributed by atoms with E-state index in [-0.39, 0.29) is 12.4 Å². The Morgan fingerprint density at radius 2 is 1.57 bits per heavy atom. The molecule has 0 radical (unpaired) electrons. The Morgan fingerprint density at radius 3 is 2.05 bits per heavy atom. The Kier molecular flexibility index (Phi) is 4.16. The molecule has 3 N–H and O–H groups in total. The number of benzene rings is 2. The summed E-state index contributed by atoms with van der Waals surface area (Å²) in [7, 11) is 0. The quantitative estimate of drug-likeness (QED) is 0.669. The van der Waals surface area contributed by atoms with Crippen molar-refractivity contribution in [1.82, 2.24) is 0 Å². The molecule has 21 heavy (non-hydrogen) atoms. The molecular formula is C15H13F3N2O. The molecule has 2 aromatic rings. The van der Waals surface area contributed by atoms with Gasteiger partial charge in [-0.2, -0.15) is 13.2 Å². The maximum atomic E-state index is 12.4. The molecule has 0 aliphatic heterocycles. The van der Waals surface area contributed by atoms with E-state index in [1.165, 1.54) is 12.1 Å². The van der Waals surface area contributed by atoms with Gasteiger partial charge in [-0.3, -0.25) is 5.41 Å². The van der Waals surface area contributed by atoms with Crippen LogP contribution in [-0.4, -0.2) is 5.84 Å². The van der Waals surface area contributed by atoms with E-state index in [2.05, 4.69) is 0 Å². The van der Waals surface area contributed by atoms with Crippen molar-refractivity contribution in [1.29, 1.82) is 5.41 Å². The van der Waals surface area contributed by atoms with Gasteiger partial charge in [0.15, 0.2) is 0 Å². The largest absolute Gasteiger partial charge is 0.489 e. The molecule has 0 saturated heterocycles. The summed E-state index contributed by atoms with van der Waals surface area (Å²) in [5.41, 5.74) is 6.07. The Hall–Kier alpha value is -2.50. The minimum absolute atomic E-state index is 0.0230. The molecule has 0 bridgehead atoms. The van der Waals surface area contributed by atoms with E-state index >= 15 is 0 Å². The Morgan fingerprint density at radius 1 is 1.00 bits per heavy atom. The molecule has 0 fully saturated rings. The van der Waals surface area contributed by atoms with Crippen molar-refractivity contribution < 1.29 is 17.9 Å². The second kappa shape index (κ2) is 5.87. The normalized spacial score (nSPS) is 11.2. The minimum atomic E-state index is -4.35. The SMILES string of the molecule is N=C(N)c1ccc(COc2ccc(C(F)(F)F)cc2)cc1. The van der Waals surface area contributed by atoms with Crippen LogP contribution >= 0.6 is 0 Å². The van der Waals surface area contributed by atoms with Crippen molar-refractivity contribution in [3.05, 3.63) is 65.2 Å². The van der Waals surface area contributed by atoms with Gasteiger partial charge in [-0.15, -0.1) is 0 Å². The first-order valence-corrected chi connectivity index (χ1v) is 6.09. The first-order chi connectivity index (χ1) is 9.86. The molecular weight excluding hydrogens is 281 g/mol. The number of nitrogens with one attached hydrogen (secondary N) is 1. The lowest BCUT2D eigenvalue weighted by Gasteiger charge is -2.09. The van der Waals surface area contributed by atoms with Gasteiger partial charge in [0.05, 0.1) is 5.56 Å². The van der Waals surface area contributed by atoms with Gasteiger partial charge < -0.3 is 10.5 Å². The second-order valence-corrected chi connectivity index (χ2v) is 4.42. The average molecular weight is 294 g/mol. The second-order valence-electron chi connectivity index (χ2n) is 4.42. The van der Waals surface area contributed by atoms with E-state index in [0.717, 1.165) is 17.7 Å². The van der Waals surface area contributed by atoms with Crippen molar-refractivity contribution in [3.63, 3.8) is 0 Å². The zero-order chi connectivity index (χ0) is 15.5. The minimum Gasteiger partial charge on any atom is -0.489 e. The molecule has 0 aliphatic carbocycles. The zero-order valence-electron chi connectivity index (χ0n) is 10.9. The number of alkyl halides is 3. The van der Waals surface area contributed by atoms with Crippen molar-refractivity contribution >= 4 is 5.84 Å². The topological polar surface area (TPSA) is 59.1 Å². The molecule has 0 heterocycles.